The number of piperidine rings is 1. The highest BCUT2D eigenvalue weighted by molar-refractivity contribution is 5.90. The number of amides is 2. The molecule has 1 aliphatic rings. The lowest BCUT2D eigenvalue weighted by molar-refractivity contribution is 0.186. The second kappa shape index (κ2) is 11.7. The highest BCUT2D eigenvalue weighted by Gasteiger charge is 2.20. The number of likely N-dealkylation sites (tertiary alicyclic amines) is 1. The van der Waals surface area contributed by atoms with E-state index in [1.54, 1.807) is 6.20 Å². The first kappa shape index (κ1) is 23.1. The number of hydrogen-bond acceptors (Lipinski definition) is 3. The van der Waals surface area contributed by atoms with Crippen LogP contribution in [0.3, 0.4) is 0 Å². The van der Waals surface area contributed by atoms with Gasteiger partial charge in [0.25, 0.3) is 0 Å². The molecule has 1 aromatic heterocycles. The van der Waals surface area contributed by atoms with E-state index in [-0.39, 0.29) is 11.8 Å². The molecule has 0 saturated carbocycles. The Morgan fingerprint density at radius 2 is 1.86 bits per heavy atom. The van der Waals surface area contributed by atoms with E-state index in [9.17, 15) is 9.18 Å². The quantitative estimate of drug-likeness (QED) is 0.730. The molecule has 2 amide bonds. The molecule has 1 aliphatic heterocycles. The second-order valence-electron chi connectivity index (χ2n) is 6.52. The molecule has 0 bridgehead atoms. The van der Waals surface area contributed by atoms with E-state index in [1.165, 1.54) is 12.3 Å². The third-order valence-electron chi connectivity index (χ3n) is 4.58. The van der Waals surface area contributed by atoms with E-state index in [0.717, 1.165) is 37.1 Å². The molecule has 6 heteroatoms. The SMILES string of the molecule is C#N.CC.Cc1ccc(NC(=O)N2CCC(C)CC2)cc1-c1cncc(F)c1. The van der Waals surface area contributed by atoms with Crippen LogP contribution in [0.1, 0.15) is 39.2 Å². The zero-order valence-electron chi connectivity index (χ0n) is 17.1. The van der Waals surface area contributed by atoms with Gasteiger partial charge in [0.05, 0.1) is 6.20 Å². The Balaban J connectivity index is 0.000000921. The molecule has 2 aromatic rings. The molecule has 2 heterocycles. The fraction of sp³-hybridized carbons (Fsp3) is 0.409. The Bertz CT molecular complexity index is 783. The van der Waals surface area contributed by atoms with Crippen LogP contribution < -0.4 is 5.32 Å². The molecule has 5 nitrogen and oxygen atoms in total. The average molecular weight is 384 g/mol. The maximum absolute atomic E-state index is 13.4. The van der Waals surface area contributed by atoms with Crippen molar-refractivity contribution >= 4 is 11.7 Å². The first-order chi connectivity index (χ1) is 13.5. The van der Waals surface area contributed by atoms with Crippen LogP contribution in [-0.2, 0) is 0 Å². The third-order valence-corrected chi connectivity index (χ3v) is 4.58. The van der Waals surface area contributed by atoms with Crippen molar-refractivity contribution in [3.8, 4) is 17.7 Å². The van der Waals surface area contributed by atoms with Crippen molar-refractivity contribution in [1.82, 2.24) is 9.88 Å². The molecular weight excluding hydrogens is 355 g/mol. The molecule has 150 valence electrons. The summed E-state index contributed by atoms with van der Waals surface area (Å²) in [6.45, 7) is 13.3. The average Bonchev–Trinajstić information content (AvgIpc) is 2.73. The fourth-order valence-electron chi connectivity index (χ4n) is 2.98. The monoisotopic (exact) mass is 384 g/mol. The molecular formula is C22H29FN4O. The van der Waals surface area contributed by atoms with Gasteiger partial charge in [0.2, 0.25) is 0 Å². The van der Waals surface area contributed by atoms with Gasteiger partial charge in [-0.15, -0.1) is 0 Å². The Hall–Kier alpha value is -2.94. The molecule has 0 spiro atoms. The number of aryl methyl sites for hydroxylation is 1. The molecule has 0 aliphatic carbocycles. The molecule has 1 N–H and O–H groups in total. The molecule has 28 heavy (non-hydrogen) atoms. The number of pyridine rings is 1. The van der Waals surface area contributed by atoms with Gasteiger partial charge in [-0.1, -0.05) is 26.8 Å². The number of halogens is 1. The molecule has 1 aromatic carbocycles. The first-order valence-electron chi connectivity index (χ1n) is 9.56. The summed E-state index contributed by atoms with van der Waals surface area (Å²) in [5.41, 5.74) is 3.29. The minimum Gasteiger partial charge on any atom is -0.325 e. The summed E-state index contributed by atoms with van der Waals surface area (Å²) in [5.74, 6) is 0.310. The molecule has 1 saturated heterocycles. The van der Waals surface area contributed by atoms with E-state index in [4.69, 9.17) is 5.26 Å². The van der Waals surface area contributed by atoms with Crippen LogP contribution in [0, 0.1) is 30.5 Å². The number of anilines is 1. The largest absolute Gasteiger partial charge is 0.325 e. The summed E-state index contributed by atoms with van der Waals surface area (Å²) < 4.78 is 13.4. The van der Waals surface area contributed by atoms with Gasteiger partial charge >= 0.3 is 6.03 Å². The summed E-state index contributed by atoms with van der Waals surface area (Å²) in [6, 6.07) is 7.04. The van der Waals surface area contributed by atoms with Crippen LogP contribution in [-0.4, -0.2) is 29.0 Å². The Kier molecular flexibility index (Phi) is 9.66. The van der Waals surface area contributed by atoms with E-state index < -0.39 is 0 Å². The lowest BCUT2D eigenvalue weighted by atomic mass is 9.99. The molecule has 0 atom stereocenters. The maximum atomic E-state index is 13.4. The van der Waals surface area contributed by atoms with Crippen molar-refractivity contribution in [2.75, 3.05) is 18.4 Å². The lowest BCUT2D eigenvalue weighted by Gasteiger charge is -2.30. The Morgan fingerprint density at radius 1 is 1.21 bits per heavy atom. The van der Waals surface area contributed by atoms with Gasteiger partial charge in [-0.2, -0.15) is 0 Å². The molecule has 0 unspecified atom stereocenters. The van der Waals surface area contributed by atoms with Crippen molar-refractivity contribution in [3.63, 3.8) is 0 Å². The number of nitrogens with zero attached hydrogens (tertiary/aromatic N) is 3. The first-order valence-corrected chi connectivity index (χ1v) is 9.56. The van der Waals surface area contributed by atoms with Gasteiger partial charge < -0.3 is 10.2 Å². The van der Waals surface area contributed by atoms with Crippen molar-refractivity contribution in [2.45, 2.75) is 40.5 Å². The summed E-state index contributed by atoms with van der Waals surface area (Å²) in [7, 11) is 0. The second-order valence-corrected chi connectivity index (χ2v) is 6.52. The zero-order valence-corrected chi connectivity index (χ0v) is 17.1. The van der Waals surface area contributed by atoms with E-state index in [2.05, 4.69) is 23.8 Å². The number of urea groups is 1. The van der Waals surface area contributed by atoms with Gasteiger partial charge in [-0.3, -0.25) is 4.98 Å². The number of rotatable bonds is 2. The maximum Gasteiger partial charge on any atom is 0.321 e. The van der Waals surface area contributed by atoms with Crippen LogP contribution >= 0.6 is 0 Å². The molecule has 1 fully saturated rings. The summed E-state index contributed by atoms with van der Waals surface area (Å²) in [4.78, 5) is 18.2. The summed E-state index contributed by atoms with van der Waals surface area (Å²) in [5, 5.41) is 9.45. The van der Waals surface area contributed by atoms with Gasteiger partial charge in [-0.05, 0) is 55.0 Å². The number of aromatic nitrogens is 1. The van der Waals surface area contributed by atoms with Gasteiger partial charge in [0, 0.05) is 37.1 Å². The smallest absolute Gasteiger partial charge is 0.321 e. The van der Waals surface area contributed by atoms with Crippen LogP contribution in [0.25, 0.3) is 11.1 Å². The van der Waals surface area contributed by atoms with Crippen LogP contribution in [0.15, 0.2) is 36.7 Å². The number of carbonyl (C=O) groups excluding carboxylic acids is 1. The van der Waals surface area contributed by atoms with Crippen molar-refractivity contribution in [2.24, 2.45) is 5.92 Å². The molecule has 0 radical (unpaired) electrons. The summed E-state index contributed by atoms with van der Waals surface area (Å²) in [6.07, 6.45) is 4.90. The molecule has 3 rings (SSSR count). The highest BCUT2D eigenvalue weighted by atomic mass is 19.1. The zero-order chi connectivity index (χ0) is 21.1. The van der Waals surface area contributed by atoms with Gasteiger partial charge in [-0.25, -0.2) is 14.4 Å². The van der Waals surface area contributed by atoms with Crippen molar-refractivity contribution in [1.29, 1.82) is 5.26 Å². The van der Waals surface area contributed by atoms with Gasteiger partial charge in [0.15, 0.2) is 0 Å². The topological polar surface area (TPSA) is 69.0 Å². The van der Waals surface area contributed by atoms with Gasteiger partial charge in [0.1, 0.15) is 5.82 Å². The van der Waals surface area contributed by atoms with E-state index in [0.29, 0.717) is 17.2 Å². The number of benzene rings is 1. The standard InChI is InChI=1S/C19H22FN3O.C2H6.CHN/c1-13-5-7-23(8-6-13)19(24)22-17-4-3-14(2)18(10-17)15-9-16(20)12-21-11-15;2*1-2/h3-4,9-13H,5-8H2,1-2H3,(H,22,24);1-2H3;1H. The Labute approximate surface area is 167 Å². The number of carbonyl (C=O) groups is 1. The number of nitrogens with one attached hydrogen (secondary N) is 1. The lowest BCUT2D eigenvalue weighted by Crippen LogP contribution is -2.40. The minimum absolute atomic E-state index is 0.0749. The Morgan fingerprint density at radius 3 is 2.46 bits per heavy atom. The third kappa shape index (κ3) is 6.34. The normalized spacial score (nSPS) is 13.5. The fourth-order valence-corrected chi connectivity index (χ4v) is 2.98. The highest BCUT2D eigenvalue weighted by Crippen LogP contribution is 2.27. The minimum atomic E-state index is -0.372. The predicted octanol–water partition coefficient (Wildman–Crippen LogP) is 5.63. The van der Waals surface area contributed by atoms with E-state index in [1.807, 2.05) is 43.9 Å². The van der Waals surface area contributed by atoms with Crippen LogP contribution in [0.2, 0.25) is 0 Å². The predicted molar refractivity (Wildman–Crippen MR) is 111 cm³/mol. The van der Waals surface area contributed by atoms with Crippen molar-refractivity contribution < 1.29 is 9.18 Å². The van der Waals surface area contributed by atoms with Crippen LogP contribution in [0.5, 0.6) is 0 Å². The number of hydrogen-bond donors (Lipinski definition) is 1. The van der Waals surface area contributed by atoms with E-state index >= 15 is 0 Å². The summed E-state index contributed by atoms with van der Waals surface area (Å²) >= 11 is 0. The van der Waals surface area contributed by atoms with Crippen LogP contribution in [0.4, 0.5) is 14.9 Å². The number of nitriles is 1. The van der Waals surface area contributed by atoms with Crippen molar-refractivity contribution in [3.05, 3.63) is 48.0 Å².